The summed E-state index contributed by atoms with van der Waals surface area (Å²) in [6.45, 7) is 0. The summed E-state index contributed by atoms with van der Waals surface area (Å²) in [5.41, 5.74) is 5.61. The highest BCUT2D eigenvalue weighted by molar-refractivity contribution is 7.98. The molecule has 0 aliphatic rings. The average molecular weight is 503 g/mol. The van der Waals surface area contributed by atoms with E-state index in [2.05, 4.69) is 28.0 Å². The Balaban J connectivity index is 1.39. The molecule has 0 aliphatic carbocycles. The van der Waals surface area contributed by atoms with E-state index in [-0.39, 0.29) is 11.7 Å². The standard InChI is InChI=1S/C28H27FN4O2S/c1-33(32-35-25-15-12-23(29)13-16-25)26(18-21-8-4-2-5-9-21)28(34)31-24-14-17-27(30-19-24)36-20-22-10-6-3-7-11-22/h2-17,19,26,32H,18,20H2,1H3,(H,31,34). The van der Waals surface area contributed by atoms with Crippen molar-refractivity contribution < 1.29 is 14.0 Å². The van der Waals surface area contributed by atoms with Gasteiger partial charge in [-0.1, -0.05) is 66.3 Å². The van der Waals surface area contributed by atoms with Gasteiger partial charge in [-0.05, 0) is 53.9 Å². The molecule has 184 valence electrons. The molecule has 3 aromatic carbocycles. The maximum atomic E-state index is 13.3. The van der Waals surface area contributed by atoms with E-state index in [9.17, 15) is 9.18 Å². The molecule has 1 aromatic heterocycles. The monoisotopic (exact) mass is 502 g/mol. The number of carbonyl (C=O) groups excluding carboxylic acids is 1. The van der Waals surface area contributed by atoms with Gasteiger partial charge in [0.1, 0.15) is 17.6 Å². The Kier molecular flexibility index (Phi) is 9.04. The average Bonchev–Trinajstić information content (AvgIpc) is 2.92. The van der Waals surface area contributed by atoms with E-state index < -0.39 is 6.04 Å². The molecule has 2 N–H and O–H groups in total. The predicted molar refractivity (Wildman–Crippen MR) is 141 cm³/mol. The number of halogens is 1. The second-order valence-corrected chi connectivity index (χ2v) is 9.11. The minimum Gasteiger partial charge on any atom is -0.394 e. The number of anilines is 1. The molecule has 1 heterocycles. The van der Waals surface area contributed by atoms with Crippen molar-refractivity contribution in [2.24, 2.45) is 0 Å². The van der Waals surface area contributed by atoms with Crippen LogP contribution < -0.4 is 15.7 Å². The molecule has 4 rings (SSSR count). The molecule has 6 nitrogen and oxygen atoms in total. The van der Waals surface area contributed by atoms with Crippen LogP contribution in [0.5, 0.6) is 5.75 Å². The molecule has 0 fully saturated rings. The van der Waals surface area contributed by atoms with E-state index in [0.717, 1.165) is 16.3 Å². The number of likely N-dealkylation sites (N-methyl/N-ethyl adjacent to an activating group) is 1. The Morgan fingerprint density at radius 1 is 0.944 bits per heavy atom. The zero-order chi connectivity index (χ0) is 25.2. The maximum Gasteiger partial charge on any atom is 0.243 e. The van der Waals surface area contributed by atoms with E-state index in [4.69, 9.17) is 4.84 Å². The number of hydrogen-bond donors (Lipinski definition) is 2. The van der Waals surface area contributed by atoms with Crippen LogP contribution in [0.15, 0.2) is 108 Å². The first kappa shape index (κ1) is 25.4. The van der Waals surface area contributed by atoms with Crippen molar-refractivity contribution in [1.29, 1.82) is 0 Å². The second kappa shape index (κ2) is 12.8. The highest BCUT2D eigenvalue weighted by Crippen LogP contribution is 2.22. The summed E-state index contributed by atoms with van der Waals surface area (Å²) in [6.07, 6.45) is 2.11. The Morgan fingerprint density at radius 3 is 2.25 bits per heavy atom. The Hall–Kier alpha value is -3.72. The number of rotatable bonds is 11. The Bertz CT molecular complexity index is 1230. The number of nitrogens with one attached hydrogen (secondary N) is 2. The van der Waals surface area contributed by atoms with Crippen molar-refractivity contribution in [1.82, 2.24) is 15.6 Å². The number of hydrazine groups is 1. The fourth-order valence-electron chi connectivity index (χ4n) is 3.43. The van der Waals surface area contributed by atoms with Gasteiger partial charge in [0.2, 0.25) is 5.91 Å². The van der Waals surface area contributed by atoms with Crippen LogP contribution in [0.4, 0.5) is 10.1 Å². The highest BCUT2D eigenvalue weighted by atomic mass is 32.2. The van der Waals surface area contributed by atoms with Crippen LogP contribution in [0.1, 0.15) is 11.1 Å². The number of thioether (sulfide) groups is 1. The first-order chi connectivity index (χ1) is 17.6. The summed E-state index contributed by atoms with van der Waals surface area (Å²) in [6, 6.07) is 28.7. The number of nitrogens with zero attached hydrogens (tertiary/aromatic N) is 2. The van der Waals surface area contributed by atoms with Gasteiger partial charge in [-0.25, -0.2) is 14.4 Å². The predicted octanol–water partition coefficient (Wildman–Crippen LogP) is 5.49. The fraction of sp³-hybridized carbons (Fsp3) is 0.143. The lowest BCUT2D eigenvalue weighted by atomic mass is 10.1. The van der Waals surface area contributed by atoms with E-state index in [1.54, 1.807) is 30.0 Å². The van der Waals surface area contributed by atoms with Gasteiger partial charge in [-0.2, -0.15) is 0 Å². The molecule has 0 saturated carbocycles. The van der Waals surface area contributed by atoms with Gasteiger partial charge in [0, 0.05) is 12.8 Å². The summed E-state index contributed by atoms with van der Waals surface area (Å²) >= 11 is 1.64. The molecular weight excluding hydrogens is 475 g/mol. The molecule has 4 aromatic rings. The van der Waals surface area contributed by atoms with Gasteiger partial charge in [0.15, 0.2) is 0 Å². The molecule has 1 amide bonds. The lowest BCUT2D eigenvalue weighted by Crippen LogP contribution is -2.51. The number of carbonyl (C=O) groups is 1. The molecule has 0 spiro atoms. The number of benzene rings is 3. The third-order valence-corrected chi connectivity index (χ3v) is 6.41. The zero-order valence-electron chi connectivity index (χ0n) is 19.8. The highest BCUT2D eigenvalue weighted by Gasteiger charge is 2.25. The summed E-state index contributed by atoms with van der Waals surface area (Å²) in [4.78, 5) is 23.3. The molecule has 1 atom stereocenters. The Labute approximate surface area is 214 Å². The molecule has 0 radical (unpaired) electrons. The van der Waals surface area contributed by atoms with Gasteiger partial charge in [-0.3, -0.25) is 4.79 Å². The first-order valence-corrected chi connectivity index (χ1v) is 12.4. The van der Waals surface area contributed by atoms with Crippen LogP contribution in [0.3, 0.4) is 0 Å². The van der Waals surface area contributed by atoms with Crippen molar-refractivity contribution in [2.45, 2.75) is 23.2 Å². The van der Waals surface area contributed by atoms with Crippen molar-refractivity contribution in [2.75, 3.05) is 12.4 Å². The lowest BCUT2D eigenvalue weighted by molar-refractivity contribution is -0.125. The van der Waals surface area contributed by atoms with E-state index in [0.29, 0.717) is 17.9 Å². The molecule has 36 heavy (non-hydrogen) atoms. The van der Waals surface area contributed by atoms with Crippen LogP contribution >= 0.6 is 11.8 Å². The molecule has 0 saturated heterocycles. The van der Waals surface area contributed by atoms with Crippen molar-refractivity contribution in [3.05, 3.63) is 120 Å². The zero-order valence-corrected chi connectivity index (χ0v) is 20.6. The molecule has 0 bridgehead atoms. The van der Waals surface area contributed by atoms with Gasteiger partial charge in [-0.15, -0.1) is 11.8 Å². The van der Waals surface area contributed by atoms with Crippen LogP contribution in [0.25, 0.3) is 0 Å². The number of amides is 1. The minimum atomic E-state index is -0.597. The SMILES string of the molecule is CN(NOc1ccc(F)cc1)C(Cc1ccccc1)C(=O)Nc1ccc(SCc2ccccc2)nc1. The van der Waals surface area contributed by atoms with Gasteiger partial charge < -0.3 is 10.2 Å². The maximum absolute atomic E-state index is 13.3. The van der Waals surface area contributed by atoms with Crippen LogP contribution in [-0.4, -0.2) is 29.0 Å². The van der Waals surface area contributed by atoms with Crippen LogP contribution in [0.2, 0.25) is 0 Å². The molecule has 1 unspecified atom stereocenters. The smallest absolute Gasteiger partial charge is 0.243 e. The third kappa shape index (κ3) is 7.64. The van der Waals surface area contributed by atoms with Crippen LogP contribution in [0, 0.1) is 5.82 Å². The number of aromatic nitrogens is 1. The number of hydrogen-bond acceptors (Lipinski definition) is 6. The largest absolute Gasteiger partial charge is 0.394 e. The van der Waals surface area contributed by atoms with Gasteiger partial charge >= 0.3 is 0 Å². The van der Waals surface area contributed by atoms with Crippen molar-refractivity contribution >= 4 is 23.4 Å². The van der Waals surface area contributed by atoms with E-state index in [1.807, 2.05) is 60.7 Å². The van der Waals surface area contributed by atoms with E-state index in [1.165, 1.54) is 29.8 Å². The summed E-state index contributed by atoms with van der Waals surface area (Å²) in [5, 5.41) is 5.42. The molecule has 8 heteroatoms. The summed E-state index contributed by atoms with van der Waals surface area (Å²) in [5.74, 6) is 0.677. The van der Waals surface area contributed by atoms with Crippen molar-refractivity contribution in [3.8, 4) is 5.75 Å². The first-order valence-electron chi connectivity index (χ1n) is 11.5. The summed E-state index contributed by atoms with van der Waals surface area (Å²) < 4.78 is 13.2. The van der Waals surface area contributed by atoms with Gasteiger partial charge in [0.05, 0.1) is 16.9 Å². The van der Waals surface area contributed by atoms with E-state index >= 15 is 0 Å². The fourth-order valence-corrected chi connectivity index (χ4v) is 4.23. The second-order valence-electron chi connectivity index (χ2n) is 8.11. The lowest BCUT2D eigenvalue weighted by Gasteiger charge is -2.27. The summed E-state index contributed by atoms with van der Waals surface area (Å²) in [7, 11) is 1.72. The van der Waals surface area contributed by atoms with Gasteiger partial charge in [0.25, 0.3) is 0 Å². The Morgan fingerprint density at radius 2 is 1.61 bits per heavy atom. The quantitative estimate of drug-likeness (QED) is 0.209. The van der Waals surface area contributed by atoms with Crippen molar-refractivity contribution in [3.63, 3.8) is 0 Å². The van der Waals surface area contributed by atoms with Crippen LogP contribution in [-0.2, 0) is 17.0 Å². The normalized spacial score (nSPS) is 11.8. The molecular formula is C28H27FN4O2S. The number of pyridine rings is 1. The topological polar surface area (TPSA) is 66.5 Å². The molecule has 0 aliphatic heterocycles. The minimum absolute atomic E-state index is 0.219. The third-order valence-electron chi connectivity index (χ3n) is 5.40.